The molecule has 0 fully saturated rings. The topological polar surface area (TPSA) is 23.5 Å². The van der Waals surface area contributed by atoms with Gasteiger partial charge in [-0.05, 0) is 31.6 Å². The molecule has 0 spiro atoms. The van der Waals surface area contributed by atoms with Crippen LogP contribution in [0.1, 0.15) is 32.3 Å². The number of unbranched alkanes of at least 4 members (excludes halogenated alkanes) is 1. The van der Waals surface area contributed by atoms with E-state index in [1.54, 1.807) is 12.1 Å². The molecule has 0 radical (unpaired) electrons. The van der Waals surface area contributed by atoms with E-state index in [2.05, 4.69) is 18.7 Å². The summed E-state index contributed by atoms with van der Waals surface area (Å²) < 4.78 is 0. The minimum atomic E-state index is 0.294. The molecule has 3 heteroatoms. The summed E-state index contributed by atoms with van der Waals surface area (Å²) in [6, 6.07) is 5.28. The lowest BCUT2D eigenvalue weighted by atomic mass is 10.1. The highest BCUT2D eigenvalue weighted by Gasteiger charge is 2.10. The highest BCUT2D eigenvalue weighted by Crippen LogP contribution is 2.26. The van der Waals surface area contributed by atoms with Gasteiger partial charge in [0.15, 0.2) is 0 Å². The Morgan fingerprint density at radius 2 is 2.06 bits per heavy atom. The van der Waals surface area contributed by atoms with E-state index in [1.807, 2.05) is 6.07 Å². The van der Waals surface area contributed by atoms with Crippen LogP contribution >= 0.6 is 11.6 Å². The molecule has 90 valence electrons. The SMILES string of the molecule is CCCCN(CC)Cc1c(O)cccc1Cl. The second-order valence-corrected chi connectivity index (χ2v) is 4.37. The van der Waals surface area contributed by atoms with Gasteiger partial charge < -0.3 is 5.11 Å². The van der Waals surface area contributed by atoms with Gasteiger partial charge in [-0.2, -0.15) is 0 Å². The van der Waals surface area contributed by atoms with Crippen LogP contribution in [0.3, 0.4) is 0 Å². The Morgan fingerprint density at radius 1 is 1.31 bits per heavy atom. The van der Waals surface area contributed by atoms with Crippen LogP contribution < -0.4 is 0 Å². The molecule has 0 atom stereocenters. The monoisotopic (exact) mass is 241 g/mol. The number of nitrogens with zero attached hydrogens (tertiary/aromatic N) is 1. The molecule has 0 aliphatic rings. The minimum Gasteiger partial charge on any atom is -0.508 e. The summed E-state index contributed by atoms with van der Waals surface area (Å²) in [5, 5.41) is 10.4. The Hall–Kier alpha value is -0.730. The third-order valence-corrected chi connectivity index (χ3v) is 3.11. The average Bonchev–Trinajstić information content (AvgIpc) is 2.28. The number of hydrogen-bond donors (Lipinski definition) is 1. The lowest BCUT2D eigenvalue weighted by molar-refractivity contribution is 0.271. The van der Waals surface area contributed by atoms with Gasteiger partial charge in [0, 0.05) is 17.1 Å². The summed E-state index contributed by atoms with van der Waals surface area (Å²) in [6.45, 7) is 7.06. The van der Waals surface area contributed by atoms with E-state index in [0.29, 0.717) is 10.8 Å². The molecule has 0 saturated carbocycles. The zero-order valence-electron chi connectivity index (χ0n) is 10.0. The van der Waals surface area contributed by atoms with Crippen molar-refractivity contribution in [1.29, 1.82) is 0 Å². The van der Waals surface area contributed by atoms with E-state index in [-0.39, 0.29) is 0 Å². The second-order valence-electron chi connectivity index (χ2n) is 3.96. The van der Waals surface area contributed by atoms with Gasteiger partial charge in [0.2, 0.25) is 0 Å². The number of rotatable bonds is 6. The van der Waals surface area contributed by atoms with Crippen LogP contribution in [0.4, 0.5) is 0 Å². The molecule has 1 N–H and O–H groups in total. The van der Waals surface area contributed by atoms with Crippen LogP contribution in [0.5, 0.6) is 5.75 Å². The maximum absolute atomic E-state index is 9.75. The lowest BCUT2D eigenvalue weighted by Gasteiger charge is -2.21. The Kier molecular flexibility index (Phi) is 5.64. The highest BCUT2D eigenvalue weighted by atomic mass is 35.5. The second kappa shape index (κ2) is 6.77. The van der Waals surface area contributed by atoms with Crippen LogP contribution in [0, 0.1) is 0 Å². The number of phenolic OH excluding ortho intramolecular Hbond substituents is 1. The normalized spacial score (nSPS) is 11.0. The zero-order valence-corrected chi connectivity index (χ0v) is 10.8. The third-order valence-electron chi connectivity index (χ3n) is 2.75. The highest BCUT2D eigenvalue weighted by molar-refractivity contribution is 6.31. The Morgan fingerprint density at radius 3 is 2.62 bits per heavy atom. The van der Waals surface area contributed by atoms with Gasteiger partial charge in [0.25, 0.3) is 0 Å². The van der Waals surface area contributed by atoms with E-state index >= 15 is 0 Å². The van der Waals surface area contributed by atoms with Gasteiger partial charge in [-0.25, -0.2) is 0 Å². The smallest absolute Gasteiger partial charge is 0.121 e. The van der Waals surface area contributed by atoms with Crippen molar-refractivity contribution in [3.05, 3.63) is 28.8 Å². The van der Waals surface area contributed by atoms with Crippen molar-refractivity contribution in [2.75, 3.05) is 13.1 Å². The Balaban J connectivity index is 2.69. The number of halogens is 1. The number of aromatic hydroxyl groups is 1. The van der Waals surface area contributed by atoms with Crippen molar-refractivity contribution >= 4 is 11.6 Å². The zero-order chi connectivity index (χ0) is 12.0. The summed E-state index contributed by atoms with van der Waals surface area (Å²) in [5.41, 5.74) is 0.835. The fraction of sp³-hybridized carbons (Fsp3) is 0.538. The van der Waals surface area contributed by atoms with Gasteiger partial charge in [0.05, 0.1) is 0 Å². The van der Waals surface area contributed by atoms with Crippen molar-refractivity contribution in [2.45, 2.75) is 33.2 Å². The number of benzene rings is 1. The molecule has 0 heterocycles. The van der Waals surface area contributed by atoms with Gasteiger partial charge in [-0.1, -0.05) is 37.9 Å². The number of phenols is 1. The molecule has 0 saturated heterocycles. The molecule has 0 aliphatic heterocycles. The quantitative estimate of drug-likeness (QED) is 0.822. The van der Waals surface area contributed by atoms with Crippen molar-refractivity contribution in [3.8, 4) is 5.75 Å². The van der Waals surface area contributed by atoms with Crippen LogP contribution in [0.2, 0.25) is 5.02 Å². The first-order valence-corrected chi connectivity index (χ1v) is 6.25. The fourth-order valence-corrected chi connectivity index (χ4v) is 1.89. The van der Waals surface area contributed by atoms with E-state index < -0.39 is 0 Å². The summed E-state index contributed by atoms with van der Waals surface area (Å²) in [5.74, 6) is 0.294. The standard InChI is InChI=1S/C13H20ClNO/c1-3-5-9-15(4-2)10-11-12(14)7-6-8-13(11)16/h6-8,16H,3-5,9-10H2,1-2H3. The average molecular weight is 242 g/mol. The summed E-state index contributed by atoms with van der Waals surface area (Å²) in [4.78, 5) is 2.30. The Bertz CT molecular complexity index is 307. The van der Waals surface area contributed by atoms with Crippen LogP contribution in [0.15, 0.2) is 18.2 Å². The molecule has 1 rings (SSSR count). The van der Waals surface area contributed by atoms with Gasteiger partial charge in [-0.15, -0.1) is 0 Å². The van der Waals surface area contributed by atoms with Crippen LogP contribution in [-0.4, -0.2) is 23.1 Å². The predicted octanol–water partition coefficient (Wildman–Crippen LogP) is 3.67. The maximum Gasteiger partial charge on any atom is 0.121 e. The molecule has 0 amide bonds. The first kappa shape index (κ1) is 13.3. The molecule has 1 aromatic carbocycles. The van der Waals surface area contributed by atoms with E-state index in [9.17, 15) is 5.11 Å². The molecule has 16 heavy (non-hydrogen) atoms. The molecule has 0 aliphatic carbocycles. The number of hydrogen-bond acceptors (Lipinski definition) is 2. The molecular weight excluding hydrogens is 222 g/mol. The van der Waals surface area contributed by atoms with Crippen molar-refractivity contribution < 1.29 is 5.11 Å². The Labute approximate surface area is 103 Å². The molecule has 0 aromatic heterocycles. The van der Waals surface area contributed by atoms with Gasteiger partial charge >= 0.3 is 0 Å². The molecule has 2 nitrogen and oxygen atoms in total. The predicted molar refractivity (Wildman–Crippen MR) is 69.0 cm³/mol. The summed E-state index contributed by atoms with van der Waals surface area (Å²) in [6.07, 6.45) is 2.37. The van der Waals surface area contributed by atoms with E-state index in [4.69, 9.17) is 11.6 Å². The molecule has 0 bridgehead atoms. The summed E-state index contributed by atoms with van der Waals surface area (Å²) >= 11 is 6.08. The first-order valence-electron chi connectivity index (χ1n) is 5.87. The molecule has 0 unspecified atom stereocenters. The maximum atomic E-state index is 9.75. The van der Waals surface area contributed by atoms with Crippen LogP contribution in [0.25, 0.3) is 0 Å². The van der Waals surface area contributed by atoms with Crippen molar-refractivity contribution in [3.63, 3.8) is 0 Å². The van der Waals surface area contributed by atoms with Gasteiger partial charge in [0.1, 0.15) is 5.75 Å². The summed E-state index contributed by atoms with van der Waals surface area (Å²) in [7, 11) is 0. The lowest BCUT2D eigenvalue weighted by Crippen LogP contribution is -2.24. The van der Waals surface area contributed by atoms with Crippen molar-refractivity contribution in [1.82, 2.24) is 4.90 Å². The first-order chi connectivity index (χ1) is 7.69. The fourth-order valence-electron chi connectivity index (χ4n) is 1.66. The molecule has 1 aromatic rings. The largest absolute Gasteiger partial charge is 0.508 e. The third kappa shape index (κ3) is 3.69. The van der Waals surface area contributed by atoms with Gasteiger partial charge in [-0.3, -0.25) is 4.90 Å². The van der Waals surface area contributed by atoms with Crippen LogP contribution in [-0.2, 0) is 6.54 Å². The molecular formula is C13H20ClNO. The van der Waals surface area contributed by atoms with Crippen molar-refractivity contribution in [2.24, 2.45) is 0 Å². The minimum absolute atomic E-state index is 0.294. The van der Waals surface area contributed by atoms with E-state index in [0.717, 1.165) is 25.2 Å². The van der Waals surface area contributed by atoms with E-state index in [1.165, 1.54) is 12.8 Å².